The Morgan fingerprint density at radius 3 is 2.37 bits per heavy atom. The highest BCUT2D eigenvalue weighted by Gasteiger charge is 2.46. The van der Waals surface area contributed by atoms with Crippen molar-refractivity contribution < 1.29 is 4.74 Å². The van der Waals surface area contributed by atoms with E-state index in [0.29, 0.717) is 0 Å². The highest BCUT2D eigenvalue weighted by molar-refractivity contribution is 5.37. The minimum Gasteiger partial charge on any atom is -0.383 e. The highest BCUT2D eigenvalue weighted by Crippen LogP contribution is 2.40. The van der Waals surface area contributed by atoms with Crippen LogP contribution in [0.4, 0.5) is 0 Å². The number of nitrogens with zero attached hydrogens (tertiary/aromatic N) is 1. The lowest BCUT2D eigenvalue weighted by Crippen LogP contribution is -2.56. The lowest BCUT2D eigenvalue weighted by atomic mass is 9.93. The fourth-order valence-corrected chi connectivity index (χ4v) is 3.52. The third-order valence-corrected chi connectivity index (χ3v) is 4.67. The molecule has 1 aromatic carbocycles. The molecular weight excluding hydrogens is 236 g/mol. The van der Waals surface area contributed by atoms with E-state index in [1.807, 2.05) is 0 Å². The Morgan fingerprint density at radius 2 is 1.89 bits per heavy atom. The van der Waals surface area contributed by atoms with E-state index in [-0.39, 0.29) is 5.54 Å². The fraction of sp³-hybridized carbons (Fsp3) is 0.625. The molecule has 3 rings (SSSR count). The van der Waals surface area contributed by atoms with E-state index >= 15 is 0 Å². The molecule has 0 atom stereocenters. The Kier molecular flexibility index (Phi) is 3.61. The summed E-state index contributed by atoms with van der Waals surface area (Å²) in [5.41, 5.74) is 9.30. The molecule has 3 nitrogen and oxygen atoms in total. The molecule has 0 bridgehead atoms. The number of benzene rings is 1. The van der Waals surface area contributed by atoms with Crippen LogP contribution in [-0.2, 0) is 17.6 Å². The van der Waals surface area contributed by atoms with Gasteiger partial charge in [0.15, 0.2) is 0 Å². The molecule has 1 aromatic rings. The Morgan fingerprint density at radius 1 is 1.26 bits per heavy atom. The predicted octanol–water partition coefficient (Wildman–Crippen LogP) is 1.59. The van der Waals surface area contributed by atoms with Crippen LogP contribution in [0, 0.1) is 0 Å². The van der Waals surface area contributed by atoms with Gasteiger partial charge in [-0.3, -0.25) is 4.90 Å². The van der Waals surface area contributed by atoms with Gasteiger partial charge in [-0.1, -0.05) is 24.3 Å². The zero-order valence-corrected chi connectivity index (χ0v) is 11.8. The number of methoxy groups -OCH3 is 1. The first-order valence-electron chi connectivity index (χ1n) is 7.31. The zero-order chi connectivity index (χ0) is 13.3. The van der Waals surface area contributed by atoms with Crippen molar-refractivity contribution >= 4 is 0 Å². The fourth-order valence-electron chi connectivity index (χ4n) is 3.52. The van der Waals surface area contributed by atoms with Crippen molar-refractivity contribution in [3.05, 3.63) is 35.4 Å². The van der Waals surface area contributed by atoms with Crippen LogP contribution in [0.15, 0.2) is 24.3 Å². The SMILES string of the molecule is COCCN(C1CC1)C1(CN)Cc2ccccc2C1. The van der Waals surface area contributed by atoms with Gasteiger partial charge in [-0.05, 0) is 36.8 Å². The Labute approximate surface area is 115 Å². The van der Waals surface area contributed by atoms with Gasteiger partial charge >= 0.3 is 0 Å². The van der Waals surface area contributed by atoms with Gasteiger partial charge < -0.3 is 10.5 Å². The summed E-state index contributed by atoms with van der Waals surface area (Å²) < 4.78 is 5.29. The first-order chi connectivity index (χ1) is 9.29. The molecular formula is C16H24N2O. The molecule has 0 saturated heterocycles. The van der Waals surface area contributed by atoms with Gasteiger partial charge in [0.25, 0.3) is 0 Å². The Balaban J connectivity index is 1.83. The molecule has 2 aliphatic rings. The van der Waals surface area contributed by atoms with Crippen LogP contribution in [-0.4, -0.2) is 43.3 Å². The summed E-state index contributed by atoms with van der Waals surface area (Å²) in [6.07, 6.45) is 4.84. The van der Waals surface area contributed by atoms with Crippen molar-refractivity contribution in [2.45, 2.75) is 37.3 Å². The van der Waals surface area contributed by atoms with Crippen LogP contribution >= 0.6 is 0 Å². The molecule has 2 N–H and O–H groups in total. The minimum atomic E-state index is 0.128. The van der Waals surface area contributed by atoms with Crippen LogP contribution in [0.2, 0.25) is 0 Å². The van der Waals surface area contributed by atoms with Gasteiger partial charge in [0.05, 0.1) is 6.61 Å². The van der Waals surface area contributed by atoms with Crippen LogP contribution in [0.1, 0.15) is 24.0 Å². The molecule has 1 saturated carbocycles. The standard InChI is InChI=1S/C16H24N2O/c1-19-9-8-18(15-6-7-15)16(12-17)10-13-4-2-3-5-14(13)11-16/h2-5,15H,6-12,17H2,1H3. The van der Waals surface area contributed by atoms with E-state index in [4.69, 9.17) is 10.5 Å². The summed E-state index contributed by atoms with van der Waals surface area (Å²) in [4.78, 5) is 2.64. The molecule has 3 heteroatoms. The molecule has 19 heavy (non-hydrogen) atoms. The van der Waals surface area contributed by atoms with Gasteiger partial charge in [-0.15, -0.1) is 0 Å². The van der Waals surface area contributed by atoms with Crippen LogP contribution in [0.3, 0.4) is 0 Å². The van der Waals surface area contributed by atoms with Crippen LogP contribution in [0.25, 0.3) is 0 Å². The van der Waals surface area contributed by atoms with E-state index in [1.165, 1.54) is 24.0 Å². The molecule has 0 aliphatic heterocycles. The maximum atomic E-state index is 6.20. The minimum absolute atomic E-state index is 0.128. The molecule has 0 amide bonds. The summed E-state index contributed by atoms with van der Waals surface area (Å²) in [6, 6.07) is 9.53. The van der Waals surface area contributed by atoms with Crippen molar-refractivity contribution in [1.29, 1.82) is 0 Å². The van der Waals surface area contributed by atoms with Gasteiger partial charge in [0, 0.05) is 31.8 Å². The predicted molar refractivity (Wildman–Crippen MR) is 77.2 cm³/mol. The normalized spacial score (nSPS) is 20.8. The van der Waals surface area contributed by atoms with Crippen LogP contribution < -0.4 is 5.73 Å². The third-order valence-electron chi connectivity index (χ3n) is 4.67. The third kappa shape index (κ3) is 2.42. The summed E-state index contributed by atoms with van der Waals surface area (Å²) in [7, 11) is 1.78. The second-order valence-electron chi connectivity index (χ2n) is 5.97. The van der Waals surface area contributed by atoms with Crippen molar-refractivity contribution in [2.24, 2.45) is 5.73 Å². The number of fused-ring (bicyclic) bond motifs is 1. The maximum Gasteiger partial charge on any atom is 0.0590 e. The molecule has 2 aliphatic carbocycles. The number of hydrogen-bond acceptors (Lipinski definition) is 3. The summed E-state index contributed by atoms with van der Waals surface area (Å²) in [5.74, 6) is 0. The number of nitrogens with two attached hydrogens (primary N) is 1. The second kappa shape index (κ2) is 5.23. The topological polar surface area (TPSA) is 38.5 Å². The molecule has 0 radical (unpaired) electrons. The van der Waals surface area contributed by atoms with Crippen molar-refractivity contribution in [2.75, 3.05) is 26.8 Å². The van der Waals surface area contributed by atoms with Gasteiger partial charge in [-0.25, -0.2) is 0 Å². The smallest absolute Gasteiger partial charge is 0.0590 e. The first-order valence-corrected chi connectivity index (χ1v) is 7.31. The van der Waals surface area contributed by atoms with E-state index in [9.17, 15) is 0 Å². The highest BCUT2D eigenvalue weighted by atomic mass is 16.5. The summed E-state index contributed by atoms with van der Waals surface area (Å²) >= 11 is 0. The average molecular weight is 260 g/mol. The van der Waals surface area contributed by atoms with Crippen LogP contribution in [0.5, 0.6) is 0 Å². The molecule has 0 heterocycles. The van der Waals surface area contributed by atoms with E-state index < -0.39 is 0 Å². The quantitative estimate of drug-likeness (QED) is 0.844. The molecule has 0 unspecified atom stereocenters. The lowest BCUT2D eigenvalue weighted by Gasteiger charge is -2.41. The number of hydrogen-bond donors (Lipinski definition) is 1. The maximum absolute atomic E-state index is 6.20. The van der Waals surface area contributed by atoms with Crippen molar-refractivity contribution in [3.8, 4) is 0 Å². The number of ether oxygens (including phenoxy) is 1. The molecule has 104 valence electrons. The molecule has 0 aromatic heterocycles. The van der Waals surface area contributed by atoms with Crippen molar-refractivity contribution in [3.63, 3.8) is 0 Å². The zero-order valence-electron chi connectivity index (χ0n) is 11.8. The average Bonchev–Trinajstić information content (AvgIpc) is 3.19. The summed E-state index contributed by atoms with van der Waals surface area (Å²) in [5, 5.41) is 0. The van der Waals surface area contributed by atoms with Gasteiger partial charge in [-0.2, -0.15) is 0 Å². The largest absolute Gasteiger partial charge is 0.383 e. The lowest BCUT2D eigenvalue weighted by molar-refractivity contribution is 0.0582. The van der Waals surface area contributed by atoms with Gasteiger partial charge in [0.2, 0.25) is 0 Å². The van der Waals surface area contributed by atoms with E-state index in [1.54, 1.807) is 7.11 Å². The molecule has 0 spiro atoms. The monoisotopic (exact) mass is 260 g/mol. The second-order valence-corrected chi connectivity index (χ2v) is 5.97. The molecule has 1 fully saturated rings. The summed E-state index contributed by atoms with van der Waals surface area (Å²) in [6.45, 7) is 2.54. The Bertz CT molecular complexity index is 417. The van der Waals surface area contributed by atoms with E-state index in [2.05, 4.69) is 29.2 Å². The van der Waals surface area contributed by atoms with Crippen molar-refractivity contribution in [1.82, 2.24) is 4.90 Å². The van der Waals surface area contributed by atoms with Gasteiger partial charge in [0.1, 0.15) is 0 Å². The van der Waals surface area contributed by atoms with E-state index in [0.717, 1.165) is 38.6 Å². The number of rotatable bonds is 6. The first kappa shape index (κ1) is 13.1. The Hall–Kier alpha value is -0.900.